The maximum Gasteiger partial charge on any atom is 0.311 e. The van der Waals surface area contributed by atoms with Crippen molar-refractivity contribution in [3.05, 3.63) is 66.2 Å². The fraction of sp³-hybridized carbons (Fsp3) is 0.263. The van der Waals surface area contributed by atoms with Crippen LogP contribution in [-0.4, -0.2) is 18.5 Å². The number of anilines is 1. The highest BCUT2D eigenvalue weighted by molar-refractivity contribution is 6.00. The molecule has 0 bridgehead atoms. The molecule has 2 unspecified atom stereocenters. The van der Waals surface area contributed by atoms with Gasteiger partial charge >= 0.3 is 5.97 Å². The largest absolute Gasteiger partial charge is 0.466 e. The summed E-state index contributed by atoms with van der Waals surface area (Å²) in [7, 11) is 0. The van der Waals surface area contributed by atoms with Gasteiger partial charge in [0.2, 0.25) is 5.91 Å². The third kappa shape index (κ3) is 2.97. The lowest BCUT2D eigenvalue weighted by Gasteiger charge is -2.28. The number of carbonyl (C=O) groups is 2. The van der Waals surface area contributed by atoms with Gasteiger partial charge in [-0.05, 0) is 24.6 Å². The van der Waals surface area contributed by atoms with Gasteiger partial charge in [0, 0.05) is 12.1 Å². The van der Waals surface area contributed by atoms with Crippen LogP contribution in [0.5, 0.6) is 0 Å². The number of esters is 1. The molecule has 0 N–H and O–H groups in total. The van der Waals surface area contributed by atoms with Gasteiger partial charge in [0.05, 0.1) is 18.6 Å². The first-order chi connectivity index (χ1) is 11.2. The van der Waals surface area contributed by atoms with Gasteiger partial charge < -0.3 is 9.64 Å². The number of benzene rings is 2. The van der Waals surface area contributed by atoms with Crippen molar-refractivity contribution < 1.29 is 14.3 Å². The Morgan fingerprint density at radius 2 is 1.70 bits per heavy atom. The lowest BCUT2D eigenvalue weighted by molar-refractivity contribution is -0.148. The van der Waals surface area contributed by atoms with E-state index in [0.717, 1.165) is 11.3 Å². The molecule has 4 heteroatoms. The molecule has 0 radical (unpaired) electrons. The van der Waals surface area contributed by atoms with E-state index in [-0.39, 0.29) is 24.3 Å². The lowest BCUT2D eigenvalue weighted by atomic mass is 9.93. The van der Waals surface area contributed by atoms with Gasteiger partial charge in [0.1, 0.15) is 0 Å². The van der Waals surface area contributed by atoms with Gasteiger partial charge in [-0.3, -0.25) is 9.59 Å². The number of para-hydroxylation sites is 1. The lowest BCUT2D eigenvalue weighted by Crippen LogP contribution is -2.31. The molecule has 1 amide bonds. The molecule has 1 fully saturated rings. The second kappa shape index (κ2) is 6.65. The molecule has 2 atom stereocenters. The van der Waals surface area contributed by atoms with Crippen molar-refractivity contribution in [2.75, 3.05) is 11.5 Å². The Labute approximate surface area is 135 Å². The number of amides is 1. The zero-order chi connectivity index (χ0) is 16.2. The fourth-order valence-corrected chi connectivity index (χ4v) is 3.12. The molecule has 0 saturated carbocycles. The molecule has 0 aromatic heterocycles. The van der Waals surface area contributed by atoms with E-state index >= 15 is 0 Å². The predicted molar refractivity (Wildman–Crippen MR) is 87.9 cm³/mol. The maximum atomic E-state index is 12.6. The smallest absolute Gasteiger partial charge is 0.311 e. The van der Waals surface area contributed by atoms with Crippen LogP contribution in [0.2, 0.25) is 0 Å². The zero-order valence-electron chi connectivity index (χ0n) is 13.0. The first kappa shape index (κ1) is 15.3. The van der Waals surface area contributed by atoms with Crippen LogP contribution in [0.15, 0.2) is 60.7 Å². The van der Waals surface area contributed by atoms with Crippen molar-refractivity contribution in [2.45, 2.75) is 19.4 Å². The van der Waals surface area contributed by atoms with Crippen LogP contribution in [0.1, 0.15) is 24.9 Å². The zero-order valence-corrected chi connectivity index (χ0v) is 13.0. The van der Waals surface area contributed by atoms with E-state index < -0.39 is 5.92 Å². The van der Waals surface area contributed by atoms with Crippen LogP contribution in [0.3, 0.4) is 0 Å². The number of nitrogens with zero attached hydrogens (tertiary/aromatic N) is 1. The molecule has 3 rings (SSSR count). The molecule has 118 valence electrons. The monoisotopic (exact) mass is 309 g/mol. The summed E-state index contributed by atoms with van der Waals surface area (Å²) in [6.45, 7) is 2.09. The first-order valence-corrected chi connectivity index (χ1v) is 7.81. The van der Waals surface area contributed by atoms with Gasteiger partial charge in [-0.1, -0.05) is 48.5 Å². The Balaban J connectivity index is 2.03. The average molecular weight is 309 g/mol. The van der Waals surface area contributed by atoms with Crippen LogP contribution >= 0.6 is 0 Å². The van der Waals surface area contributed by atoms with Crippen LogP contribution in [0.4, 0.5) is 5.69 Å². The van der Waals surface area contributed by atoms with E-state index in [4.69, 9.17) is 4.74 Å². The molecular formula is C19H19NO3. The number of carbonyl (C=O) groups excluding carboxylic acids is 2. The Kier molecular flexibility index (Phi) is 4.42. The third-order valence-electron chi connectivity index (χ3n) is 4.09. The van der Waals surface area contributed by atoms with Gasteiger partial charge in [-0.25, -0.2) is 0 Å². The Bertz CT molecular complexity index is 684. The second-order valence-electron chi connectivity index (χ2n) is 5.52. The van der Waals surface area contributed by atoms with Crippen LogP contribution in [0.25, 0.3) is 0 Å². The quantitative estimate of drug-likeness (QED) is 0.814. The molecular weight excluding hydrogens is 290 g/mol. The summed E-state index contributed by atoms with van der Waals surface area (Å²) >= 11 is 0. The highest BCUT2D eigenvalue weighted by Crippen LogP contribution is 2.41. The van der Waals surface area contributed by atoms with Crippen molar-refractivity contribution in [3.63, 3.8) is 0 Å². The second-order valence-corrected chi connectivity index (χ2v) is 5.52. The maximum absolute atomic E-state index is 12.6. The van der Waals surface area contributed by atoms with E-state index in [1.54, 1.807) is 11.8 Å². The van der Waals surface area contributed by atoms with Crippen molar-refractivity contribution in [1.82, 2.24) is 0 Å². The molecule has 0 spiro atoms. The number of rotatable bonds is 4. The van der Waals surface area contributed by atoms with Gasteiger partial charge in [0.15, 0.2) is 0 Å². The normalized spacial score (nSPS) is 20.6. The molecule has 1 aliphatic heterocycles. The van der Waals surface area contributed by atoms with Crippen LogP contribution < -0.4 is 4.90 Å². The molecule has 4 nitrogen and oxygen atoms in total. The summed E-state index contributed by atoms with van der Waals surface area (Å²) in [4.78, 5) is 26.7. The van der Waals surface area contributed by atoms with Crippen LogP contribution in [-0.2, 0) is 14.3 Å². The summed E-state index contributed by atoms with van der Waals surface area (Å²) in [5, 5.41) is 0. The molecule has 2 aromatic carbocycles. The first-order valence-electron chi connectivity index (χ1n) is 7.81. The predicted octanol–water partition coefficient (Wildman–Crippen LogP) is 3.34. The molecule has 1 saturated heterocycles. The molecule has 0 aliphatic carbocycles. The van der Waals surface area contributed by atoms with Crippen molar-refractivity contribution in [3.8, 4) is 0 Å². The minimum atomic E-state index is -0.481. The summed E-state index contributed by atoms with van der Waals surface area (Å²) in [5.74, 6) is -0.846. The summed E-state index contributed by atoms with van der Waals surface area (Å²) in [5.41, 5.74) is 1.75. The van der Waals surface area contributed by atoms with Crippen LogP contribution in [0, 0.1) is 5.92 Å². The standard InChI is InChI=1S/C19H19NO3/c1-2-23-19(22)16-13-17(21)20(15-11-7-4-8-12-15)18(16)14-9-5-3-6-10-14/h3-12,16,18H,2,13H2,1H3. The van der Waals surface area contributed by atoms with E-state index in [0.29, 0.717) is 6.61 Å². The fourth-order valence-electron chi connectivity index (χ4n) is 3.12. The molecule has 1 aliphatic rings. The highest BCUT2D eigenvalue weighted by atomic mass is 16.5. The van der Waals surface area contributed by atoms with E-state index in [1.165, 1.54) is 0 Å². The minimum Gasteiger partial charge on any atom is -0.466 e. The number of ether oxygens (including phenoxy) is 1. The SMILES string of the molecule is CCOC(=O)C1CC(=O)N(c2ccccc2)C1c1ccccc1. The average Bonchev–Trinajstić information content (AvgIpc) is 2.94. The van der Waals surface area contributed by atoms with Gasteiger partial charge in [0.25, 0.3) is 0 Å². The molecule has 2 aromatic rings. The van der Waals surface area contributed by atoms with Crippen molar-refractivity contribution in [1.29, 1.82) is 0 Å². The van der Waals surface area contributed by atoms with E-state index in [2.05, 4.69) is 0 Å². The Morgan fingerprint density at radius 1 is 1.09 bits per heavy atom. The summed E-state index contributed by atoms with van der Waals surface area (Å²) in [6, 6.07) is 18.8. The summed E-state index contributed by atoms with van der Waals surface area (Å²) in [6.07, 6.45) is 0.174. The third-order valence-corrected chi connectivity index (χ3v) is 4.09. The van der Waals surface area contributed by atoms with E-state index in [9.17, 15) is 9.59 Å². The topological polar surface area (TPSA) is 46.6 Å². The van der Waals surface area contributed by atoms with Crippen molar-refractivity contribution in [2.24, 2.45) is 5.92 Å². The number of hydrogen-bond donors (Lipinski definition) is 0. The highest BCUT2D eigenvalue weighted by Gasteiger charge is 2.45. The molecule has 23 heavy (non-hydrogen) atoms. The van der Waals surface area contributed by atoms with E-state index in [1.807, 2.05) is 60.7 Å². The van der Waals surface area contributed by atoms with Gasteiger partial charge in [-0.2, -0.15) is 0 Å². The van der Waals surface area contributed by atoms with Crippen molar-refractivity contribution >= 4 is 17.6 Å². The Morgan fingerprint density at radius 3 is 2.30 bits per heavy atom. The summed E-state index contributed by atoms with van der Waals surface area (Å²) < 4.78 is 5.19. The van der Waals surface area contributed by atoms with Gasteiger partial charge in [-0.15, -0.1) is 0 Å². The number of hydrogen-bond acceptors (Lipinski definition) is 3. The molecule has 1 heterocycles. The minimum absolute atomic E-state index is 0.0527. The Hall–Kier alpha value is -2.62.